The number of fused-ring (bicyclic) bond motifs is 1. The molecule has 4 rings (SSSR count). The maximum absolute atomic E-state index is 12.7. The Hall–Kier alpha value is -3.07. The van der Waals surface area contributed by atoms with E-state index in [1.165, 1.54) is 58.9 Å². The average molecular weight is 481 g/mol. The van der Waals surface area contributed by atoms with Crippen LogP contribution in [-0.2, 0) is 14.4 Å². The Kier molecular flexibility index (Phi) is 7.08. The van der Waals surface area contributed by atoms with Gasteiger partial charge in [-0.05, 0) is 23.3 Å². The lowest BCUT2D eigenvalue weighted by atomic mass is 10.0. The van der Waals surface area contributed by atoms with Crippen LogP contribution in [0.15, 0.2) is 46.8 Å². The summed E-state index contributed by atoms with van der Waals surface area (Å²) in [5.74, 6) is -1.45. The summed E-state index contributed by atoms with van der Waals surface area (Å²) in [4.78, 5) is 38.4. The fraction of sp³-hybridized carbons (Fsp3) is 0.278. The first-order valence-electron chi connectivity index (χ1n) is 9.10. The quantitative estimate of drug-likeness (QED) is 0.247. The maximum Gasteiger partial charge on any atom is 0.352 e. The zero-order chi connectivity index (χ0) is 22.1. The van der Waals surface area contributed by atoms with Gasteiger partial charge >= 0.3 is 5.97 Å². The van der Waals surface area contributed by atoms with Crippen LogP contribution in [0.25, 0.3) is 0 Å². The van der Waals surface area contributed by atoms with Crippen molar-refractivity contribution in [3.05, 3.63) is 47.3 Å². The van der Waals surface area contributed by atoms with Gasteiger partial charge in [0.25, 0.3) is 5.91 Å². The topological polar surface area (TPSA) is 206 Å². The second-order valence-electron chi connectivity index (χ2n) is 6.82. The molecule has 1 fully saturated rings. The standard InChI is InChI=1S/C18H18N6O5S2.H2O/c19-12(8-1-3-10(25)4-2-8)15(26)21-13-16(27)24-14(18(28)29)9(7-31-17(13)24)6-30-11-5-20-23-22-11;/h1-5,12-13,17,25H,6-7,19H2,(H,21,26)(H,28,29)(H,20,22,23);1H2/t12-,13-,17-;/m1./s1. The summed E-state index contributed by atoms with van der Waals surface area (Å²) in [6, 6.07) is 3.98. The molecular formula is C18H20N6O6S2. The SMILES string of the molecule is N[C@@H](C(=O)N[C@@H]1C(=O)N2C(C(=O)O)=C(CSc3cn[nH]n3)CS[C@H]12)c1ccc(O)cc1.O. The third-order valence-electron chi connectivity index (χ3n) is 4.87. The number of hydrogen-bond donors (Lipinski definition) is 5. The number of carbonyl (C=O) groups excluding carboxylic acids is 2. The fourth-order valence-electron chi connectivity index (χ4n) is 3.29. The largest absolute Gasteiger partial charge is 0.508 e. The van der Waals surface area contributed by atoms with Gasteiger partial charge in [-0.3, -0.25) is 14.5 Å². The third kappa shape index (κ3) is 4.43. The summed E-state index contributed by atoms with van der Waals surface area (Å²) in [5, 5.41) is 31.9. The number of hydrogen-bond acceptors (Lipinski definition) is 9. The third-order valence-corrected chi connectivity index (χ3v) is 7.19. The van der Waals surface area contributed by atoms with Crippen molar-refractivity contribution in [2.75, 3.05) is 11.5 Å². The highest BCUT2D eigenvalue weighted by molar-refractivity contribution is 8.01. The van der Waals surface area contributed by atoms with E-state index < -0.39 is 35.2 Å². The highest BCUT2D eigenvalue weighted by Gasteiger charge is 2.54. The lowest BCUT2D eigenvalue weighted by Gasteiger charge is -2.49. The normalized spacial score (nSPS) is 20.7. The second-order valence-corrected chi connectivity index (χ2v) is 8.92. The highest BCUT2D eigenvalue weighted by Crippen LogP contribution is 2.41. The molecule has 0 radical (unpaired) electrons. The highest BCUT2D eigenvalue weighted by atomic mass is 32.2. The Bertz CT molecular complexity index is 1040. The minimum atomic E-state index is -1.19. The molecule has 0 saturated carbocycles. The summed E-state index contributed by atoms with van der Waals surface area (Å²) in [6.07, 6.45) is 1.53. The number of rotatable bonds is 7. The van der Waals surface area contributed by atoms with Gasteiger partial charge in [0.1, 0.15) is 33.9 Å². The van der Waals surface area contributed by atoms with Crippen LogP contribution in [0.3, 0.4) is 0 Å². The number of nitrogens with zero attached hydrogens (tertiary/aromatic N) is 3. The van der Waals surface area contributed by atoms with Gasteiger partial charge in [0.05, 0.1) is 6.20 Å². The molecule has 170 valence electrons. The summed E-state index contributed by atoms with van der Waals surface area (Å²) in [7, 11) is 0. The Balaban J connectivity index is 0.00000289. The van der Waals surface area contributed by atoms with E-state index in [9.17, 15) is 24.6 Å². The number of aromatic nitrogens is 3. The van der Waals surface area contributed by atoms with Crippen molar-refractivity contribution in [2.45, 2.75) is 22.5 Å². The van der Waals surface area contributed by atoms with Crippen molar-refractivity contribution in [3.8, 4) is 5.75 Å². The first kappa shape index (κ1) is 23.6. The monoisotopic (exact) mass is 480 g/mol. The number of carboxylic acid groups (broad SMARTS) is 1. The molecule has 8 N–H and O–H groups in total. The Labute approximate surface area is 189 Å². The van der Waals surface area contributed by atoms with Crippen LogP contribution < -0.4 is 11.1 Å². The van der Waals surface area contributed by atoms with Gasteiger partial charge < -0.3 is 26.7 Å². The number of thioether (sulfide) groups is 2. The molecule has 1 saturated heterocycles. The Morgan fingerprint density at radius 3 is 2.72 bits per heavy atom. The molecular weight excluding hydrogens is 460 g/mol. The molecule has 2 aromatic rings. The zero-order valence-corrected chi connectivity index (χ0v) is 18.0. The van der Waals surface area contributed by atoms with Gasteiger partial charge in [0.15, 0.2) is 0 Å². The first-order chi connectivity index (χ1) is 14.9. The Morgan fingerprint density at radius 2 is 2.09 bits per heavy atom. The second kappa shape index (κ2) is 9.60. The number of amides is 2. The molecule has 0 spiro atoms. The van der Waals surface area contributed by atoms with Crippen molar-refractivity contribution in [3.63, 3.8) is 0 Å². The van der Waals surface area contributed by atoms with Crippen LogP contribution in [0.1, 0.15) is 11.6 Å². The number of phenolic OH excluding ortho intramolecular Hbond substituents is 1. The molecule has 0 bridgehead atoms. The van der Waals surface area contributed by atoms with Crippen LogP contribution >= 0.6 is 23.5 Å². The number of carboxylic acids is 1. The van der Waals surface area contributed by atoms with E-state index in [2.05, 4.69) is 20.7 Å². The molecule has 3 heterocycles. The smallest absolute Gasteiger partial charge is 0.352 e. The summed E-state index contributed by atoms with van der Waals surface area (Å²) < 4.78 is 0. The van der Waals surface area contributed by atoms with Gasteiger partial charge in [-0.25, -0.2) is 4.79 Å². The number of aliphatic carboxylic acids is 1. The van der Waals surface area contributed by atoms with Crippen LogP contribution in [0.4, 0.5) is 0 Å². The number of phenols is 1. The minimum Gasteiger partial charge on any atom is -0.508 e. The molecule has 2 aliphatic heterocycles. The molecule has 1 aromatic carbocycles. The van der Waals surface area contributed by atoms with Crippen molar-refractivity contribution in [2.24, 2.45) is 5.73 Å². The summed E-state index contributed by atoms with van der Waals surface area (Å²) in [6.45, 7) is 0. The number of H-pyrrole nitrogens is 1. The van der Waals surface area contributed by atoms with Crippen LogP contribution in [0.2, 0.25) is 0 Å². The zero-order valence-electron chi connectivity index (χ0n) is 16.4. The average Bonchev–Trinajstić information content (AvgIpc) is 3.28. The van der Waals surface area contributed by atoms with E-state index in [-0.39, 0.29) is 16.9 Å². The van der Waals surface area contributed by atoms with Gasteiger partial charge in [-0.1, -0.05) is 23.9 Å². The van der Waals surface area contributed by atoms with Gasteiger partial charge in [0.2, 0.25) is 5.91 Å². The minimum absolute atomic E-state index is 0. The van der Waals surface area contributed by atoms with Gasteiger partial charge in [-0.2, -0.15) is 10.3 Å². The molecule has 12 nitrogen and oxygen atoms in total. The summed E-state index contributed by atoms with van der Waals surface area (Å²) in [5.41, 5.74) is 6.99. The fourth-order valence-corrected chi connectivity index (χ4v) is 5.56. The number of aromatic amines is 1. The number of nitrogens with one attached hydrogen (secondary N) is 2. The van der Waals surface area contributed by atoms with E-state index >= 15 is 0 Å². The molecule has 2 aliphatic rings. The lowest BCUT2D eigenvalue weighted by Crippen LogP contribution is -2.71. The van der Waals surface area contributed by atoms with Gasteiger partial charge in [-0.15, -0.1) is 16.9 Å². The number of carbonyl (C=O) groups is 3. The predicted octanol–water partition coefficient (Wildman–Crippen LogP) is -0.784. The molecule has 32 heavy (non-hydrogen) atoms. The molecule has 14 heteroatoms. The molecule has 0 aliphatic carbocycles. The van der Waals surface area contributed by atoms with E-state index in [4.69, 9.17) is 5.73 Å². The predicted molar refractivity (Wildman–Crippen MR) is 115 cm³/mol. The number of benzene rings is 1. The number of aromatic hydroxyl groups is 1. The maximum atomic E-state index is 12.7. The Morgan fingerprint density at radius 1 is 1.38 bits per heavy atom. The van der Waals surface area contributed by atoms with Crippen LogP contribution in [0.5, 0.6) is 5.75 Å². The van der Waals surface area contributed by atoms with Crippen molar-refractivity contribution >= 4 is 41.3 Å². The van der Waals surface area contributed by atoms with Crippen LogP contribution in [-0.4, -0.2) is 76.7 Å². The van der Waals surface area contributed by atoms with E-state index in [1.807, 2.05) is 0 Å². The first-order valence-corrected chi connectivity index (χ1v) is 11.1. The van der Waals surface area contributed by atoms with Crippen molar-refractivity contribution in [1.82, 2.24) is 25.6 Å². The van der Waals surface area contributed by atoms with E-state index in [0.29, 0.717) is 27.7 Å². The summed E-state index contributed by atoms with van der Waals surface area (Å²) >= 11 is 2.70. The van der Waals surface area contributed by atoms with E-state index in [1.54, 1.807) is 0 Å². The van der Waals surface area contributed by atoms with E-state index in [0.717, 1.165) is 0 Å². The van der Waals surface area contributed by atoms with Crippen LogP contribution in [0, 0.1) is 0 Å². The molecule has 3 atom stereocenters. The number of β-lactam (4-membered cyclic amide) rings is 1. The molecule has 1 aromatic heterocycles. The molecule has 2 amide bonds. The van der Waals surface area contributed by atoms with Crippen molar-refractivity contribution < 1.29 is 30.1 Å². The number of nitrogens with two attached hydrogens (primary N) is 1. The van der Waals surface area contributed by atoms with Crippen molar-refractivity contribution in [1.29, 1.82) is 0 Å². The lowest BCUT2D eigenvalue weighted by molar-refractivity contribution is -0.150. The van der Waals surface area contributed by atoms with Gasteiger partial charge in [0, 0.05) is 11.5 Å². The molecule has 0 unspecified atom stereocenters.